The van der Waals surface area contributed by atoms with E-state index >= 15 is 0 Å². The molecule has 0 spiro atoms. The van der Waals surface area contributed by atoms with Crippen LogP contribution >= 0.6 is 0 Å². The lowest BCUT2D eigenvalue weighted by atomic mass is 9.80. The molecule has 214 valence electrons. The zero-order chi connectivity index (χ0) is 29.7. The van der Waals surface area contributed by atoms with Crippen molar-refractivity contribution < 1.29 is 29.3 Å². The fourth-order valence-electron chi connectivity index (χ4n) is 4.52. The lowest BCUT2D eigenvalue weighted by Crippen LogP contribution is -2.37. The predicted octanol–water partition coefficient (Wildman–Crippen LogP) is 5.80. The van der Waals surface area contributed by atoms with Crippen LogP contribution in [-0.4, -0.2) is 41.4 Å². The van der Waals surface area contributed by atoms with E-state index in [-0.39, 0.29) is 23.3 Å². The zero-order valence-corrected chi connectivity index (χ0v) is 23.5. The SMILES string of the molecule is CO[C@H]1C(O)=C2C(=O)O/C(C)=C/C=C/C=C/C=C\CC(c3ccccc3)NC(=O)\C=C/C=C\C=C\C=C\[C@@]2(C)[C@@H]1O. The minimum absolute atomic E-state index is 0.0731. The van der Waals surface area contributed by atoms with Crippen LogP contribution in [0.15, 0.2) is 139 Å². The molecule has 0 fully saturated rings. The summed E-state index contributed by atoms with van der Waals surface area (Å²) in [5, 5.41) is 24.7. The summed E-state index contributed by atoms with van der Waals surface area (Å²) < 4.78 is 10.7. The van der Waals surface area contributed by atoms with Gasteiger partial charge in [0.1, 0.15) is 23.7 Å². The number of ether oxygens (including phenoxy) is 2. The van der Waals surface area contributed by atoms with Crippen LogP contribution in [-0.2, 0) is 19.1 Å². The third-order valence-electron chi connectivity index (χ3n) is 6.72. The monoisotopic (exact) mass is 555 g/mol. The maximum absolute atomic E-state index is 13.1. The summed E-state index contributed by atoms with van der Waals surface area (Å²) >= 11 is 0. The lowest BCUT2D eigenvalue weighted by Gasteiger charge is -2.28. The first-order chi connectivity index (χ1) is 19.8. The molecule has 41 heavy (non-hydrogen) atoms. The van der Waals surface area contributed by atoms with Crippen LogP contribution in [0.5, 0.6) is 0 Å². The quantitative estimate of drug-likeness (QED) is 0.399. The molecule has 0 saturated carbocycles. The predicted molar refractivity (Wildman–Crippen MR) is 160 cm³/mol. The van der Waals surface area contributed by atoms with Crippen molar-refractivity contribution in [3.05, 3.63) is 144 Å². The van der Waals surface area contributed by atoms with Gasteiger partial charge in [0.15, 0.2) is 0 Å². The third kappa shape index (κ3) is 8.51. The van der Waals surface area contributed by atoms with Crippen molar-refractivity contribution in [1.82, 2.24) is 5.32 Å². The summed E-state index contributed by atoms with van der Waals surface area (Å²) in [5.41, 5.74) is -0.327. The van der Waals surface area contributed by atoms with Crippen molar-refractivity contribution in [3.8, 4) is 0 Å². The number of carbonyl (C=O) groups excluding carboxylic acids is 2. The highest BCUT2D eigenvalue weighted by molar-refractivity contribution is 5.93. The Kier molecular flexibility index (Phi) is 11.6. The van der Waals surface area contributed by atoms with Crippen LogP contribution in [0.2, 0.25) is 0 Å². The van der Waals surface area contributed by atoms with Crippen LogP contribution in [0.25, 0.3) is 0 Å². The van der Waals surface area contributed by atoms with Gasteiger partial charge in [-0.25, -0.2) is 4.79 Å². The maximum Gasteiger partial charge on any atom is 0.343 e. The molecule has 3 N–H and O–H groups in total. The molecule has 1 unspecified atom stereocenters. The molecule has 1 aliphatic carbocycles. The van der Waals surface area contributed by atoms with Gasteiger partial charge in [0.05, 0.1) is 17.0 Å². The number of benzene rings is 1. The van der Waals surface area contributed by atoms with E-state index in [1.165, 1.54) is 13.2 Å². The van der Waals surface area contributed by atoms with E-state index in [0.717, 1.165) is 5.56 Å². The van der Waals surface area contributed by atoms with Crippen LogP contribution in [0.1, 0.15) is 31.9 Å². The van der Waals surface area contributed by atoms with Gasteiger partial charge < -0.3 is 25.0 Å². The number of fused-ring (bicyclic) bond motifs is 1. The number of hydrogen-bond donors (Lipinski definition) is 3. The summed E-state index contributed by atoms with van der Waals surface area (Å²) in [6.45, 7) is 3.26. The Morgan fingerprint density at radius 1 is 0.927 bits per heavy atom. The van der Waals surface area contributed by atoms with Gasteiger partial charge in [-0.1, -0.05) is 109 Å². The Balaban J connectivity index is 1.88. The normalized spacial score (nSPS) is 33.1. The van der Waals surface area contributed by atoms with Gasteiger partial charge in [0.25, 0.3) is 0 Å². The molecule has 7 nitrogen and oxygen atoms in total. The number of rotatable bonds is 2. The van der Waals surface area contributed by atoms with Crippen molar-refractivity contribution in [2.75, 3.05) is 7.11 Å². The Hall–Kier alpha value is -4.46. The van der Waals surface area contributed by atoms with E-state index in [1.54, 1.807) is 74.6 Å². The molecule has 1 heterocycles. The topological polar surface area (TPSA) is 105 Å². The first kappa shape index (κ1) is 31.1. The summed E-state index contributed by atoms with van der Waals surface area (Å²) in [6, 6.07) is 9.60. The number of methoxy groups -OCH3 is 1. The molecule has 7 heteroatoms. The molecule has 0 aromatic heterocycles. The second-order valence-electron chi connectivity index (χ2n) is 9.70. The Labute approximate surface area is 241 Å². The Bertz CT molecular complexity index is 1340. The summed E-state index contributed by atoms with van der Waals surface area (Å²) in [5.74, 6) is -1.04. The molecule has 1 aromatic carbocycles. The van der Waals surface area contributed by atoms with Crippen LogP contribution in [0.4, 0.5) is 0 Å². The van der Waals surface area contributed by atoms with Crippen molar-refractivity contribution in [1.29, 1.82) is 0 Å². The number of aliphatic hydroxyl groups excluding tert-OH is 2. The van der Waals surface area contributed by atoms with Gasteiger partial charge in [-0.05, 0) is 31.9 Å². The number of hydrogen-bond acceptors (Lipinski definition) is 6. The molecule has 1 aliphatic heterocycles. The summed E-state index contributed by atoms with van der Waals surface area (Å²) in [4.78, 5) is 25.7. The number of aliphatic hydroxyl groups is 2. The number of allylic oxidation sites excluding steroid dienone is 13. The van der Waals surface area contributed by atoms with Crippen molar-refractivity contribution in [2.24, 2.45) is 5.41 Å². The molecule has 0 radical (unpaired) electrons. The van der Waals surface area contributed by atoms with Crippen molar-refractivity contribution >= 4 is 11.9 Å². The number of amides is 1. The molecule has 0 bridgehead atoms. The maximum atomic E-state index is 13.1. The van der Waals surface area contributed by atoms with Crippen LogP contribution in [0, 0.1) is 5.41 Å². The van der Waals surface area contributed by atoms with Gasteiger partial charge in [-0.15, -0.1) is 0 Å². The van der Waals surface area contributed by atoms with E-state index in [2.05, 4.69) is 5.32 Å². The van der Waals surface area contributed by atoms with Crippen molar-refractivity contribution in [3.63, 3.8) is 0 Å². The minimum Gasteiger partial charge on any atom is -0.509 e. The molecular weight excluding hydrogens is 518 g/mol. The van der Waals surface area contributed by atoms with Crippen LogP contribution in [0.3, 0.4) is 0 Å². The molecule has 4 atom stereocenters. The lowest BCUT2D eigenvalue weighted by molar-refractivity contribution is -0.136. The summed E-state index contributed by atoms with van der Waals surface area (Å²) in [7, 11) is 1.35. The van der Waals surface area contributed by atoms with Crippen molar-refractivity contribution in [2.45, 2.75) is 38.5 Å². The number of cyclic esters (lactones) is 1. The smallest absolute Gasteiger partial charge is 0.343 e. The highest BCUT2D eigenvalue weighted by Gasteiger charge is 2.53. The zero-order valence-electron chi connectivity index (χ0n) is 23.5. The van der Waals surface area contributed by atoms with Gasteiger partial charge in [0, 0.05) is 13.2 Å². The Morgan fingerprint density at radius 2 is 1.56 bits per heavy atom. The van der Waals surface area contributed by atoms with E-state index in [0.29, 0.717) is 12.2 Å². The average molecular weight is 556 g/mol. The summed E-state index contributed by atoms with van der Waals surface area (Å²) in [6.07, 6.45) is 24.3. The standard InChI is InChI=1S/C34H37NO6/c1-25-19-13-8-4-5-9-16-22-27(26-20-14-12-15-21-26)35-28(36)23-17-10-6-7-11-18-24-34(2)29(33(39)41-25)30(37)31(40-3)32(34)38/h4-21,23-24,27,31-32,37-38H,22H2,1-3H3,(H,35,36)/b5-4+,10-6-,11-7+,13-8+,16-9-,23-17-,24-18+,25-19+/t27?,31-,32+,34+/m0/s1. The van der Waals surface area contributed by atoms with Gasteiger partial charge in [-0.2, -0.15) is 0 Å². The number of esters is 1. The second-order valence-corrected chi connectivity index (χ2v) is 9.70. The van der Waals surface area contributed by atoms with E-state index in [4.69, 9.17) is 9.47 Å². The fraction of sp³-hybridized carbons (Fsp3) is 0.235. The second kappa shape index (κ2) is 15.4. The molecule has 2 aliphatic rings. The van der Waals surface area contributed by atoms with Gasteiger partial charge in [-0.3, -0.25) is 4.79 Å². The molecule has 1 aromatic rings. The first-order valence-electron chi connectivity index (χ1n) is 13.4. The Morgan fingerprint density at radius 3 is 2.27 bits per heavy atom. The largest absolute Gasteiger partial charge is 0.509 e. The average Bonchev–Trinajstić information content (AvgIpc) is 3.14. The number of nitrogens with one attached hydrogen (secondary N) is 1. The molecule has 3 rings (SSSR count). The van der Waals surface area contributed by atoms with E-state index in [1.807, 2.05) is 54.6 Å². The highest BCUT2D eigenvalue weighted by Crippen LogP contribution is 2.45. The van der Waals surface area contributed by atoms with E-state index < -0.39 is 23.6 Å². The third-order valence-corrected chi connectivity index (χ3v) is 6.72. The fourth-order valence-corrected chi connectivity index (χ4v) is 4.52. The highest BCUT2D eigenvalue weighted by atomic mass is 16.5. The van der Waals surface area contributed by atoms with Gasteiger partial charge in [0.2, 0.25) is 5.91 Å². The van der Waals surface area contributed by atoms with Gasteiger partial charge >= 0.3 is 5.97 Å². The first-order valence-corrected chi connectivity index (χ1v) is 13.4. The molecule has 0 saturated heterocycles. The number of carbonyl (C=O) groups is 2. The minimum atomic E-state index is -1.26. The molecular formula is C34H37NO6. The molecule has 1 amide bonds. The van der Waals surface area contributed by atoms with Crippen LogP contribution < -0.4 is 5.32 Å². The van der Waals surface area contributed by atoms with E-state index in [9.17, 15) is 19.8 Å².